The molecule has 1 aromatic carbocycles. The molecule has 0 radical (unpaired) electrons. The average Bonchev–Trinajstić information content (AvgIpc) is 2.92. The summed E-state index contributed by atoms with van der Waals surface area (Å²) in [5.74, 6) is -1.17. The Balaban J connectivity index is 1.67. The highest BCUT2D eigenvalue weighted by Gasteiger charge is 2.31. The van der Waals surface area contributed by atoms with Crippen LogP contribution in [0.3, 0.4) is 0 Å². The van der Waals surface area contributed by atoms with Gasteiger partial charge in [0.2, 0.25) is 10.0 Å². The number of sulfonamides is 1. The molecule has 0 atom stereocenters. The molecule has 0 N–H and O–H groups in total. The first kappa shape index (κ1) is 17.0. The fourth-order valence-electron chi connectivity index (χ4n) is 2.66. The molecule has 9 heteroatoms. The Morgan fingerprint density at radius 3 is 2.46 bits per heavy atom. The summed E-state index contributed by atoms with van der Waals surface area (Å²) in [5.41, 5.74) is 0.790. The summed E-state index contributed by atoms with van der Waals surface area (Å²) < 4.78 is 58.1. The van der Waals surface area contributed by atoms with Crippen molar-refractivity contribution in [2.45, 2.75) is 18.4 Å². The van der Waals surface area contributed by atoms with E-state index in [4.69, 9.17) is 4.52 Å². The van der Waals surface area contributed by atoms with Gasteiger partial charge in [0.05, 0.1) is 12.2 Å². The third-order valence-corrected chi connectivity index (χ3v) is 5.83. The lowest BCUT2D eigenvalue weighted by Gasteiger charge is -2.33. The lowest BCUT2D eigenvalue weighted by Crippen LogP contribution is -2.48. The van der Waals surface area contributed by atoms with Crippen LogP contribution in [0.25, 0.3) is 0 Å². The van der Waals surface area contributed by atoms with E-state index in [9.17, 15) is 17.2 Å². The van der Waals surface area contributed by atoms with Crippen molar-refractivity contribution in [3.63, 3.8) is 0 Å². The van der Waals surface area contributed by atoms with Crippen molar-refractivity contribution in [1.29, 1.82) is 0 Å². The number of aromatic nitrogens is 1. The lowest BCUT2D eigenvalue weighted by atomic mass is 10.3. The van der Waals surface area contributed by atoms with E-state index in [1.54, 1.807) is 0 Å². The van der Waals surface area contributed by atoms with E-state index in [0.29, 0.717) is 31.5 Å². The van der Waals surface area contributed by atoms with Crippen LogP contribution in [0, 0.1) is 18.6 Å². The number of rotatable bonds is 4. The van der Waals surface area contributed by atoms with Gasteiger partial charge in [0.15, 0.2) is 5.76 Å². The van der Waals surface area contributed by atoms with Crippen LogP contribution in [-0.2, 0) is 16.6 Å². The van der Waals surface area contributed by atoms with Crippen molar-refractivity contribution in [2.75, 3.05) is 26.2 Å². The van der Waals surface area contributed by atoms with E-state index in [0.717, 1.165) is 17.8 Å². The second-order valence-electron chi connectivity index (χ2n) is 5.69. The maximum Gasteiger partial charge on any atom is 0.246 e. The van der Waals surface area contributed by atoms with Crippen molar-refractivity contribution in [3.05, 3.63) is 47.4 Å². The zero-order chi connectivity index (χ0) is 17.3. The molecule has 0 bridgehead atoms. The van der Waals surface area contributed by atoms with Crippen LogP contribution in [0.1, 0.15) is 11.5 Å². The molecule has 0 amide bonds. The molecule has 1 fully saturated rings. The maximum atomic E-state index is 13.8. The van der Waals surface area contributed by atoms with Crippen molar-refractivity contribution >= 4 is 10.0 Å². The van der Waals surface area contributed by atoms with Gasteiger partial charge >= 0.3 is 0 Å². The lowest BCUT2D eigenvalue weighted by molar-refractivity contribution is 0.165. The minimum absolute atomic E-state index is 0.228. The number of halogens is 2. The summed E-state index contributed by atoms with van der Waals surface area (Å²) in [7, 11) is -3.97. The molecular weight excluding hydrogens is 340 g/mol. The van der Waals surface area contributed by atoms with E-state index in [-0.39, 0.29) is 13.1 Å². The molecular formula is C15H17F2N3O3S. The summed E-state index contributed by atoms with van der Waals surface area (Å²) >= 11 is 0. The van der Waals surface area contributed by atoms with Gasteiger partial charge in [-0.15, -0.1) is 0 Å². The van der Waals surface area contributed by atoms with Crippen LogP contribution in [0.5, 0.6) is 0 Å². The average molecular weight is 357 g/mol. The van der Waals surface area contributed by atoms with Gasteiger partial charge in [-0.3, -0.25) is 4.90 Å². The first-order valence-corrected chi connectivity index (χ1v) is 8.90. The molecule has 3 rings (SSSR count). The Bertz CT molecular complexity index is 830. The molecule has 2 heterocycles. The molecule has 0 aliphatic carbocycles. The summed E-state index contributed by atoms with van der Waals surface area (Å²) in [6.07, 6.45) is 0. The molecule has 0 spiro atoms. The Kier molecular flexibility index (Phi) is 4.66. The van der Waals surface area contributed by atoms with Crippen LogP contribution < -0.4 is 0 Å². The minimum Gasteiger partial charge on any atom is -0.360 e. The zero-order valence-electron chi connectivity index (χ0n) is 13.1. The molecule has 2 aromatic rings. The van der Waals surface area contributed by atoms with Gasteiger partial charge in [-0.1, -0.05) is 5.16 Å². The number of benzene rings is 1. The van der Waals surface area contributed by atoms with E-state index in [1.165, 1.54) is 4.31 Å². The van der Waals surface area contributed by atoms with E-state index in [1.807, 2.05) is 17.9 Å². The predicted octanol–water partition coefficient (Wildman–Crippen LogP) is 1.77. The van der Waals surface area contributed by atoms with E-state index >= 15 is 0 Å². The van der Waals surface area contributed by atoms with Gasteiger partial charge in [0.25, 0.3) is 0 Å². The van der Waals surface area contributed by atoms with Gasteiger partial charge in [-0.25, -0.2) is 17.2 Å². The molecule has 1 aliphatic rings. The minimum atomic E-state index is -3.97. The molecule has 1 aromatic heterocycles. The molecule has 1 aliphatic heterocycles. The number of hydrogen-bond donors (Lipinski definition) is 0. The summed E-state index contributed by atoms with van der Waals surface area (Å²) in [4.78, 5) is 1.54. The predicted molar refractivity (Wildman–Crippen MR) is 81.6 cm³/mol. The molecule has 0 saturated carbocycles. The molecule has 1 saturated heterocycles. The Morgan fingerprint density at radius 1 is 1.17 bits per heavy atom. The highest BCUT2D eigenvalue weighted by atomic mass is 32.2. The smallest absolute Gasteiger partial charge is 0.246 e. The quantitative estimate of drug-likeness (QED) is 0.834. The first-order chi connectivity index (χ1) is 11.4. The van der Waals surface area contributed by atoms with E-state index in [2.05, 4.69) is 5.16 Å². The first-order valence-electron chi connectivity index (χ1n) is 7.46. The monoisotopic (exact) mass is 357 g/mol. The highest BCUT2D eigenvalue weighted by Crippen LogP contribution is 2.22. The van der Waals surface area contributed by atoms with Crippen LogP contribution in [0.15, 0.2) is 33.7 Å². The second kappa shape index (κ2) is 6.58. The van der Waals surface area contributed by atoms with Crippen LogP contribution in [-0.4, -0.2) is 49.0 Å². The third kappa shape index (κ3) is 3.47. The molecule has 0 unspecified atom stereocenters. The normalized spacial score (nSPS) is 17.3. The number of aryl methyl sites for hydroxylation is 1. The van der Waals surface area contributed by atoms with Gasteiger partial charge in [0.1, 0.15) is 16.5 Å². The van der Waals surface area contributed by atoms with Crippen molar-refractivity contribution in [2.24, 2.45) is 0 Å². The SMILES string of the molecule is Cc1cc(CN2CCN(S(=O)(=O)c3ccc(F)cc3F)CC2)on1. The molecule has 24 heavy (non-hydrogen) atoms. The standard InChI is InChI=1S/C15H17F2N3O3S/c1-11-8-13(23-18-11)10-19-4-6-20(7-5-19)24(21,22)15-3-2-12(16)9-14(15)17/h2-3,8-9H,4-7,10H2,1H3. The van der Waals surface area contributed by atoms with Crippen molar-refractivity contribution in [1.82, 2.24) is 14.4 Å². The number of nitrogens with zero attached hydrogens (tertiary/aromatic N) is 3. The topological polar surface area (TPSA) is 66.7 Å². The van der Waals surface area contributed by atoms with Gasteiger partial charge in [-0.05, 0) is 19.1 Å². The third-order valence-electron chi connectivity index (χ3n) is 3.90. The number of piperazine rings is 1. The fraction of sp³-hybridized carbons (Fsp3) is 0.400. The zero-order valence-corrected chi connectivity index (χ0v) is 13.9. The van der Waals surface area contributed by atoms with Crippen molar-refractivity contribution in [3.8, 4) is 0 Å². The Hall–Kier alpha value is -1.84. The summed E-state index contributed by atoms with van der Waals surface area (Å²) in [6.45, 7) is 3.80. The maximum absolute atomic E-state index is 13.8. The Morgan fingerprint density at radius 2 is 1.88 bits per heavy atom. The summed E-state index contributed by atoms with van der Waals surface area (Å²) in [5, 5.41) is 3.81. The van der Waals surface area contributed by atoms with Gasteiger partial charge in [-0.2, -0.15) is 4.31 Å². The summed E-state index contributed by atoms with van der Waals surface area (Å²) in [6, 6.07) is 4.31. The van der Waals surface area contributed by atoms with Crippen LogP contribution in [0.2, 0.25) is 0 Å². The fourth-order valence-corrected chi connectivity index (χ4v) is 4.13. The van der Waals surface area contributed by atoms with Crippen LogP contribution in [0.4, 0.5) is 8.78 Å². The van der Waals surface area contributed by atoms with Crippen molar-refractivity contribution < 1.29 is 21.7 Å². The second-order valence-corrected chi connectivity index (χ2v) is 7.60. The Labute approximate surface area is 138 Å². The van der Waals surface area contributed by atoms with Gasteiger partial charge < -0.3 is 4.52 Å². The molecule has 130 valence electrons. The van der Waals surface area contributed by atoms with Crippen LogP contribution >= 0.6 is 0 Å². The largest absolute Gasteiger partial charge is 0.360 e. The molecule has 6 nitrogen and oxygen atoms in total. The van der Waals surface area contributed by atoms with Gasteiger partial charge in [0, 0.05) is 38.3 Å². The van der Waals surface area contributed by atoms with E-state index < -0.39 is 26.6 Å². The number of hydrogen-bond acceptors (Lipinski definition) is 5. The highest BCUT2D eigenvalue weighted by molar-refractivity contribution is 7.89.